The Labute approximate surface area is 172 Å². The number of hydrogen-bond acceptors (Lipinski definition) is 5. The molecule has 0 unspecified atom stereocenters. The summed E-state index contributed by atoms with van der Waals surface area (Å²) in [7, 11) is 0. The summed E-state index contributed by atoms with van der Waals surface area (Å²) in [5.41, 5.74) is 0.795. The monoisotopic (exact) mass is 410 g/mol. The van der Waals surface area contributed by atoms with Crippen molar-refractivity contribution in [2.75, 3.05) is 5.75 Å². The molecule has 1 fully saturated rings. The summed E-state index contributed by atoms with van der Waals surface area (Å²) in [6.45, 7) is 4.00. The molecule has 0 saturated carbocycles. The van der Waals surface area contributed by atoms with Crippen molar-refractivity contribution in [3.05, 3.63) is 63.6 Å². The smallest absolute Gasteiger partial charge is 0.268 e. The third kappa shape index (κ3) is 3.67. The van der Waals surface area contributed by atoms with Crippen LogP contribution in [-0.2, 0) is 11.2 Å². The molecule has 29 heavy (non-hydrogen) atoms. The standard InChI is InChI=1S/C22H22N2O4S/c1-22(2)11-17-14(18(25)12-22)10-15(19(26)23-16-8-9-29-21(16)28)20(27)24(17)13-6-4-3-5-7-13/h3-7,10,16H,8-9,11-12H2,1-2H3,(H,23,26)/t16-/m0/s1. The summed E-state index contributed by atoms with van der Waals surface area (Å²) in [5.74, 6) is -0.0427. The second-order valence-electron chi connectivity index (χ2n) is 8.32. The van der Waals surface area contributed by atoms with E-state index >= 15 is 0 Å². The molecule has 1 atom stereocenters. The molecule has 0 radical (unpaired) electrons. The van der Waals surface area contributed by atoms with E-state index in [0.717, 1.165) is 0 Å². The van der Waals surface area contributed by atoms with E-state index in [1.165, 1.54) is 22.4 Å². The number of carbonyl (C=O) groups is 3. The molecule has 1 aromatic heterocycles. The van der Waals surface area contributed by atoms with Gasteiger partial charge in [0, 0.05) is 29.1 Å². The van der Waals surface area contributed by atoms with Gasteiger partial charge in [-0.1, -0.05) is 43.8 Å². The number of rotatable bonds is 3. The van der Waals surface area contributed by atoms with Gasteiger partial charge in [-0.3, -0.25) is 23.7 Å². The third-order valence-corrected chi connectivity index (χ3v) is 6.40. The number of amides is 1. The van der Waals surface area contributed by atoms with E-state index in [1.54, 1.807) is 12.1 Å². The van der Waals surface area contributed by atoms with Gasteiger partial charge in [0.1, 0.15) is 5.56 Å². The Kier molecular flexibility index (Phi) is 4.94. The molecule has 2 aromatic rings. The van der Waals surface area contributed by atoms with E-state index in [2.05, 4.69) is 5.32 Å². The van der Waals surface area contributed by atoms with Crippen molar-refractivity contribution in [3.8, 4) is 5.69 Å². The molecule has 1 aliphatic carbocycles. The second-order valence-corrected chi connectivity index (χ2v) is 9.42. The maximum Gasteiger partial charge on any atom is 0.268 e. The fourth-order valence-electron chi connectivity index (χ4n) is 3.99. The van der Waals surface area contributed by atoms with E-state index in [1.807, 2.05) is 32.0 Å². The van der Waals surface area contributed by atoms with E-state index in [0.29, 0.717) is 42.0 Å². The van der Waals surface area contributed by atoms with Crippen LogP contribution in [0.4, 0.5) is 0 Å². The number of nitrogens with zero attached hydrogens (tertiary/aromatic N) is 1. The van der Waals surface area contributed by atoms with E-state index in [-0.39, 0.29) is 21.9 Å². The van der Waals surface area contributed by atoms with Crippen LogP contribution in [0.5, 0.6) is 0 Å². The zero-order chi connectivity index (χ0) is 20.8. The lowest BCUT2D eigenvalue weighted by Gasteiger charge is -2.32. The van der Waals surface area contributed by atoms with Gasteiger partial charge < -0.3 is 5.32 Å². The first kappa shape index (κ1) is 19.6. The molecule has 4 rings (SSSR count). The minimum atomic E-state index is -0.610. The molecule has 0 bridgehead atoms. The predicted molar refractivity (Wildman–Crippen MR) is 112 cm³/mol. The molecule has 1 aliphatic heterocycles. The highest BCUT2D eigenvalue weighted by atomic mass is 32.2. The van der Waals surface area contributed by atoms with Gasteiger partial charge in [0.2, 0.25) is 5.12 Å². The molecule has 1 aromatic carbocycles. The lowest BCUT2D eigenvalue weighted by molar-refractivity contribution is -0.112. The Morgan fingerprint density at radius 1 is 1.14 bits per heavy atom. The van der Waals surface area contributed by atoms with Gasteiger partial charge in [-0.05, 0) is 36.5 Å². The average Bonchev–Trinajstić information content (AvgIpc) is 3.05. The number of benzene rings is 1. The summed E-state index contributed by atoms with van der Waals surface area (Å²) in [5, 5.41) is 2.57. The van der Waals surface area contributed by atoms with Crippen LogP contribution in [0.25, 0.3) is 5.69 Å². The summed E-state index contributed by atoms with van der Waals surface area (Å²) in [6, 6.07) is 9.85. The zero-order valence-electron chi connectivity index (χ0n) is 16.4. The van der Waals surface area contributed by atoms with Crippen LogP contribution in [0.1, 0.15) is 53.1 Å². The predicted octanol–water partition coefficient (Wildman–Crippen LogP) is 2.75. The number of para-hydroxylation sites is 1. The molecule has 0 spiro atoms. The highest BCUT2D eigenvalue weighted by molar-refractivity contribution is 8.14. The maximum atomic E-state index is 13.4. The number of ketones is 1. The van der Waals surface area contributed by atoms with Gasteiger partial charge in [-0.25, -0.2) is 0 Å². The average molecular weight is 410 g/mol. The first-order chi connectivity index (χ1) is 13.8. The number of aromatic nitrogens is 1. The normalized spacial score (nSPS) is 20.4. The van der Waals surface area contributed by atoms with Crippen molar-refractivity contribution in [1.29, 1.82) is 0 Å². The summed E-state index contributed by atoms with van der Waals surface area (Å²) >= 11 is 1.18. The van der Waals surface area contributed by atoms with Crippen molar-refractivity contribution >= 4 is 28.6 Å². The van der Waals surface area contributed by atoms with Crippen LogP contribution >= 0.6 is 11.8 Å². The Bertz CT molecular complexity index is 1070. The molecule has 1 saturated heterocycles. The SMILES string of the molecule is CC1(C)CC(=O)c2cc(C(=O)N[C@H]3CCSC3=O)c(=O)n(-c3ccccc3)c2C1. The topological polar surface area (TPSA) is 85.2 Å². The fourth-order valence-corrected chi connectivity index (χ4v) is 4.92. The lowest BCUT2D eigenvalue weighted by atomic mass is 9.75. The highest BCUT2D eigenvalue weighted by Gasteiger charge is 2.35. The third-order valence-electron chi connectivity index (χ3n) is 5.39. The van der Waals surface area contributed by atoms with E-state index in [4.69, 9.17) is 0 Å². The van der Waals surface area contributed by atoms with Crippen LogP contribution in [0.15, 0.2) is 41.2 Å². The fraction of sp³-hybridized carbons (Fsp3) is 0.364. The zero-order valence-corrected chi connectivity index (χ0v) is 17.2. The van der Waals surface area contributed by atoms with Gasteiger partial charge in [0.05, 0.1) is 6.04 Å². The van der Waals surface area contributed by atoms with Gasteiger partial charge in [0.15, 0.2) is 5.78 Å². The Hall–Kier alpha value is -2.67. The highest BCUT2D eigenvalue weighted by Crippen LogP contribution is 2.35. The number of carbonyl (C=O) groups excluding carboxylic acids is 3. The number of Topliss-reactive ketones (excluding diaryl/α,β-unsaturated/α-hetero) is 1. The van der Waals surface area contributed by atoms with Crippen molar-refractivity contribution in [2.45, 2.75) is 39.2 Å². The van der Waals surface area contributed by atoms with Crippen LogP contribution in [0.2, 0.25) is 0 Å². The van der Waals surface area contributed by atoms with Crippen molar-refractivity contribution < 1.29 is 14.4 Å². The number of nitrogens with one attached hydrogen (secondary N) is 1. The van der Waals surface area contributed by atoms with Gasteiger partial charge >= 0.3 is 0 Å². The molecule has 2 aliphatic rings. The largest absolute Gasteiger partial charge is 0.341 e. The van der Waals surface area contributed by atoms with Crippen LogP contribution in [-0.4, -0.2) is 33.2 Å². The van der Waals surface area contributed by atoms with Crippen LogP contribution in [0.3, 0.4) is 0 Å². The minimum Gasteiger partial charge on any atom is -0.341 e. The molecular weight excluding hydrogens is 388 g/mol. The molecule has 6 nitrogen and oxygen atoms in total. The number of pyridine rings is 1. The first-order valence-electron chi connectivity index (χ1n) is 9.62. The maximum absolute atomic E-state index is 13.4. The van der Waals surface area contributed by atoms with E-state index < -0.39 is 17.5 Å². The Morgan fingerprint density at radius 3 is 2.52 bits per heavy atom. The summed E-state index contributed by atoms with van der Waals surface area (Å²) < 4.78 is 1.48. The number of thioether (sulfide) groups is 1. The summed E-state index contributed by atoms with van der Waals surface area (Å²) in [4.78, 5) is 51.0. The van der Waals surface area contributed by atoms with Crippen molar-refractivity contribution in [3.63, 3.8) is 0 Å². The molecule has 150 valence electrons. The van der Waals surface area contributed by atoms with Crippen molar-refractivity contribution in [2.24, 2.45) is 5.41 Å². The van der Waals surface area contributed by atoms with Crippen molar-refractivity contribution in [1.82, 2.24) is 9.88 Å². The molecule has 1 N–H and O–H groups in total. The van der Waals surface area contributed by atoms with E-state index in [9.17, 15) is 19.2 Å². The molecular formula is C22H22N2O4S. The Balaban J connectivity index is 1.87. The number of fused-ring (bicyclic) bond motifs is 1. The summed E-state index contributed by atoms with van der Waals surface area (Å²) in [6.07, 6.45) is 1.45. The molecule has 2 heterocycles. The lowest BCUT2D eigenvalue weighted by Crippen LogP contribution is -2.42. The second kappa shape index (κ2) is 7.30. The first-order valence-corrected chi connectivity index (χ1v) is 10.6. The quantitative estimate of drug-likeness (QED) is 0.841. The molecule has 1 amide bonds. The van der Waals surface area contributed by atoms with Gasteiger partial charge in [-0.15, -0.1) is 0 Å². The van der Waals surface area contributed by atoms with Crippen LogP contribution in [0, 0.1) is 5.41 Å². The van der Waals surface area contributed by atoms with Gasteiger partial charge in [-0.2, -0.15) is 0 Å². The minimum absolute atomic E-state index is 0.0810. The number of hydrogen-bond donors (Lipinski definition) is 1. The molecule has 7 heteroatoms. The van der Waals surface area contributed by atoms with Crippen LogP contribution < -0.4 is 10.9 Å². The Morgan fingerprint density at radius 2 is 1.86 bits per heavy atom. The van der Waals surface area contributed by atoms with Gasteiger partial charge in [0.25, 0.3) is 11.5 Å².